The number of halogens is 1. The topological polar surface area (TPSA) is 57.8 Å². The van der Waals surface area contributed by atoms with Gasteiger partial charge in [0.2, 0.25) is 0 Å². The summed E-state index contributed by atoms with van der Waals surface area (Å²) in [7, 11) is 0. The van der Waals surface area contributed by atoms with Gasteiger partial charge in [0.15, 0.2) is 0 Å². The lowest BCUT2D eigenvalue weighted by atomic mass is 10.1. The molecule has 1 fully saturated rings. The summed E-state index contributed by atoms with van der Waals surface area (Å²) < 4.78 is 5.67. The summed E-state index contributed by atoms with van der Waals surface area (Å²) in [5.41, 5.74) is 4.35. The number of hydrogen-bond donors (Lipinski definition) is 1. The molecule has 1 aliphatic rings. The lowest BCUT2D eigenvalue weighted by molar-refractivity contribution is -0.122. The number of furan rings is 1. The summed E-state index contributed by atoms with van der Waals surface area (Å²) in [4.78, 5) is 14.1. The minimum absolute atomic E-state index is 0. The van der Waals surface area contributed by atoms with E-state index in [4.69, 9.17) is 4.42 Å². The molecule has 2 heterocycles. The molecule has 1 saturated heterocycles. The zero-order valence-electron chi connectivity index (χ0n) is 13.2. The standard InChI is InChI=1S/C17H21N3O2.ClH/c1-13-15(14-7-3-4-8-16(14)22-13)11-18-19-17(21)12-20-9-5-2-6-10-20;/h3-4,7-8,11H,2,5-6,9-10,12H2,1H3,(H,19,21);1H/b18-11+;. The Labute approximate surface area is 142 Å². The van der Waals surface area contributed by atoms with Crippen LogP contribution < -0.4 is 5.43 Å². The molecule has 1 N–H and O–H groups in total. The highest BCUT2D eigenvalue weighted by atomic mass is 35.5. The van der Waals surface area contributed by atoms with Gasteiger partial charge in [-0.05, 0) is 38.9 Å². The predicted molar refractivity (Wildman–Crippen MR) is 94.2 cm³/mol. The first kappa shape index (κ1) is 17.5. The maximum Gasteiger partial charge on any atom is 0.254 e. The Balaban J connectivity index is 0.00000192. The number of likely N-dealkylation sites (tertiary alicyclic amines) is 1. The van der Waals surface area contributed by atoms with E-state index in [0.29, 0.717) is 6.54 Å². The van der Waals surface area contributed by atoms with Crippen molar-refractivity contribution in [3.63, 3.8) is 0 Å². The third kappa shape index (κ3) is 4.33. The molecule has 1 aromatic heterocycles. The first-order valence-corrected chi connectivity index (χ1v) is 7.76. The van der Waals surface area contributed by atoms with Gasteiger partial charge >= 0.3 is 0 Å². The molecule has 0 radical (unpaired) electrons. The largest absolute Gasteiger partial charge is 0.461 e. The van der Waals surface area contributed by atoms with Crippen LogP contribution in [0.1, 0.15) is 30.6 Å². The van der Waals surface area contributed by atoms with Crippen molar-refractivity contribution >= 4 is 35.5 Å². The van der Waals surface area contributed by atoms with Crippen molar-refractivity contribution in [2.75, 3.05) is 19.6 Å². The molecule has 0 unspecified atom stereocenters. The Morgan fingerprint density at radius 1 is 1.30 bits per heavy atom. The number of carbonyl (C=O) groups is 1. The predicted octanol–water partition coefficient (Wildman–Crippen LogP) is 3.10. The van der Waals surface area contributed by atoms with Crippen molar-refractivity contribution in [3.8, 4) is 0 Å². The average Bonchev–Trinajstić information content (AvgIpc) is 2.84. The lowest BCUT2D eigenvalue weighted by Crippen LogP contribution is -2.38. The molecule has 5 nitrogen and oxygen atoms in total. The summed E-state index contributed by atoms with van der Waals surface area (Å²) in [6, 6.07) is 7.81. The van der Waals surface area contributed by atoms with E-state index in [-0.39, 0.29) is 18.3 Å². The van der Waals surface area contributed by atoms with Crippen LogP contribution in [0.2, 0.25) is 0 Å². The Kier molecular flexibility index (Phi) is 6.19. The number of hydrazone groups is 1. The number of hydrogen-bond acceptors (Lipinski definition) is 4. The van der Waals surface area contributed by atoms with Crippen molar-refractivity contribution in [2.24, 2.45) is 5.10 Å². The average molecular weight is 336 g/mol. The van der Waals surface area contributed by atoms with Crippen LogP contribution >= 0.6 is 12.4 Å². The third-order valence-corrected chi connectivity index (χ3v) is 4.02. The molecule has 0 saturated carbocycles. The molecule has 3 rings (SSSR count). The Bertz CT molecular complexity index is 690. The number of rotatable bonds is 4. The van der Waals surface area contributed by atoms with Crippen molar-refractivity contribution in [1.82, 2.24) is 10.3 Å². The monoisotopic (exact) mass is 335 g/mol. The second kappa shape index (κ2) is 8.13. The third-order valence-electron chi connectivity index (χ3n) is 4.02. The van der Waals surface area contributed by atoms with Crippen LogP contribution in [-0.4, -0.2) is 36.7 Å². The smallest absolute Gasteiger partial charge is 0.254 e. The van der Waals surface area contributed by atoms with Gasteiger partial charge < -0.3 is 4.42 Å². The van der Waals surface area contributed by atoms with Gasteiger partial charge in [-0.3, -0.25) is 9.69 Å². The van der Waals surface area contributed by atoms with Crippen LogP contribution in [0.5, 0.6) is 0 Å². The van der Waals surface area contributed by atoms with Crippen molar-refractivity contribution < 1.29 is 9.21 Å². The van der Waals surface area contributed by atoms with Crippen molar-refractivity contribution in [3.05, 3.63) is 35.6 Å². The summed E-state index contributed by atoms with van der Waals surface area (Å²) in [6.45, 7) is 4.32. The highest BCUT2D eigenvalue weighted by Crippen LogP contribution is 2.23. The minimum Gasteiger partial charge on any atom is -0.461 e. The van der Waals surface area contributed by atoms with E-state index in [1.54, 1.807) is 6.21 Å². The van der Waals surface area contributed by atoms with Gasteiger partial charge in [-0.2, -0.15) is 5.10 Å². The fraction of sp³-hybridized carbons (Fsp3) is 0.412. The number of piperidine rings is 1. The second-order valence-electron chi connectivity index (χ2n) is 5.70. The summed E-state index contributed by atoms with van der Waals surface area (Å²) in [5.74, 6) is 0.735. The minimum atomic E-state index is -0.0661. The van der Waals surface area contributed by atoms with Gasteiger partial charge in [-0.15, -0.1) is 12.4 Å². The first-order valence-electron chi connectivity index (χ1n) is 7.76. The molecule has 0 spiro atoms. The molecule has 1 amide bonds. The number of benzene rings is 1. The number of carbonyl (C=O) groups excluding carboxylic acids is 1. The summed E-state index contributed by atoms with van der Waals surface area (Å²) >= 11 is 0. The molecule has 23 heavy (non-hydrogen) atoms. The molecular formula is C17H22ClN3O2. The molecule has 2 aromatic rings. The fourth-order valence-corrected chi connectivity index (χ4v) is 2.87. The Morgan fingerprint density at radius 3 is 2.83 bits per heavy atom. The molecular weight excluding hydrogens is 314 g/mol. The zero-order chi connectivity index (χ0) is 15.4. The van der Waals surface area contributed by atoms with Crippen molar-refractivity contribution in [2.45, 2.75) is 26.2 Å². The maximum absolute atomic E-state index is 11.9. The van der Waals surface area contributed by atoms with E-state index in [1.165, 1.54) is 19.3 Å². The van der Waals surface area contributed by atoms with Crippen LogP contribution in [0.4, 0.5) is 0 Å². The van der Waals surface area contributed by atoms with Gasteiger partial charge in [0, 0.05) is 10.9 Å². The molecule has 6 heteroatoms. The normalized spacial score (nSPS) is 15.7. The van der Waals surface area contributed by atoms with Crippen LogP contribution in [0, 0.1) is 6.92 Å². The lowest BCUT2D eigenvalue weighted by Gasteiger charge is -2.25. The molecule has 1 aliphatic heterocycles. The van der Waals surface area contributed by atoms with E-state index >= 15 is 0 Å². The van der Waals surface area contributed by atoms with Crippen molar-refractivity contribution in [1.29, 1.82) is 0 Å². The second-order valence-corrected chi connectivity index (χ2v) is 5.70. The highest BCUT2D eigenvalue weighted by Gasteiger charge is 2.13. The number of nitrogens with zero attached hydrogens (tertiary/aromatic N) is 2. The quantitative estimate of drug-likeness (QED) is 0.690. The van der Waals surface area contributed by atoms with E-state index in [9.17, 15) is 4.79 Å². The van der Waals surface area contributed by atoms with Gasteiger partial charge in [0.1, 0.15) is 11.3 Å². The highest BCUT2D eigenvalue weighted by molar-refractivity contribution is 5.99. The Hall–Kier alpha value is -1.85. The van der Waals surface area contributed by atoms with E-state index in [2.05, 4.69) is 15.4 Å². The molecule has 124 valence electrons. The fourth-order valence-electron chi connectivity index (χ4n) is 2.87. The molecule has 0 aliphatic carbocycles. The molecule has 0 atom stereocenters. The maximum atomic E-state index is 11.9. The van der Waals surface area contributed by atoms with Crippen LogP contribution in [0.15, 0.2) is 33.8 Å². The summed E-state index contributed by atoms with van der Waals surface area (Å²) in [6.07, 6.45) is 5.28. The van der Waals surface area contributed by atoms with E-state index < -0.39 is 0 Å². The van der Waals surface area contributed by atoms with Gasteiger partial charge in [-0.1, -0.05) is 24.6 Å². The first-order chi connectivity index (χ1) is 10.7. The summed E-state index contributed by atoms with van der Waals surface area (Å²) in [5, 5.41) is 5.09. The Morgan fingerprint density at radius 2 is 2.04 bits per heavy atom. The molecule has 0 bridgehead atoms. The van der Waals surface area contributed by atoms with Gasteiger partial charge in [0.05, 0.1) is 12.8 Å². The number of amides is 1. The SMILES string of the molecule is Cc1oc2ccccc2c1/C=N/NC(=O)CN1CCCCC1.Cl. The van der Waals surface area contributed by atoms with Crippen LogP contribution in [0.3, 0.4) is 0 Å². The number of aryl methyl sites for hydroxylation is 1. The number of nitrogens with one attached hydrogen (secondary N) is 1. The number of fused-ring (bicyclic) bond motifs is 1. The zero-order valence-corrected chi connectivity index (χ0v) is 14.1. The van der Waals surface area contributed by atoms with Crippen LogP contribution in [-0.2, 0) is 4.79 Å². The van der Waals surface area contributed by atoms with E-state index in [0.717, 1.165) is 35.4 Å². The van der Waals surface area contributed by atoms with E-state index in [1.807, 2.05) is 31.2 Å². The molecule has 1 aromatic carbocycles. The van der Waals surface area contributed by atoms with Crippen LogP contribution in [0.25, 0.3) is 11.0 Å². The van der Waals surface area contributed by atoms with Gasteiger partial charge in [0.25, 0.3) is 5.91 Å². The van der Waals surface area contributed by atoms with Gasteiger partial charge in [-0.25, -0.2) is 5.43 Å². The number of para-hydroxylation sites is 1.